The van der Waals surface area contributed by atoms with Gasteiger partial charge in [0, 0.05) is 37.5 Å². The molecule has 0 aliphatic carbocycles. The smallest absolute Gasteiger partial charge is 0.254 e. The summed E-state index contributed by atoms with van der Waals surface area (Å²) in [6, 6.07) is 6.80. The molecule has 3 aliphatic heterocycles. The van der Waals surface area contributed by atoms with Gasteiger partial charge in [-0.2, -0.15) is 16.1 Å². The van der Waals surface area contributed by atoms with Crippen molar-refractivity contribution in [2.24, 2.45) is 0 Å². The van der Waals surface area contributed by atoms with Crippen LogP contribution in [0.5, 0.6) is 0 Å². The predicted octanol–water partition coefficient (Wildman–Crippen LogP) is 2.51. The van der Waals surface area contributed by atoms with Crippen LogP contribution >= 0.6 is 11.8 Å². The minimum absolute atomic E-state index is 0.0295. The molecular weight excluding hydrogens is 406 g/mol. The van der Waals surface area contributed by atoms with Crippen molar-refractivity contribution in [2.75, 3.05) is 50.8 Å². The van der Waals surface area contributed by atoms with E-state index in [-0.39, 0.29) is 16.8 Å². The zero-order valence-electron chi connectivity index (χ0n) is 17.0. The van der Waals surface area contributed by atoms with E-state index in [1.807, 2.05) is 16.7 Å². The molecule has 4 rings (SSSR count). The van der Waals surface area contributed by atoms with Gasteiger partial charge in [-0.1, -0.05) is 0 Å². The SMILES string of the molecule is O=C(c1ccc(S(=O)(=O)N2CCCC2)cc1)N1CCCSCC1CN1CCCC1. The van der Waals surface area contributed by atoms with Gasteiger partial charge in [-0.3, -0.25) is 4.79 Å². The second-order valence-corrected chi connectivity index (χ2v) is 11.3. The Morgan fingerprint density at radius 2 is 1.59 bits per heavy atom. The van der Waals surface area contributed by atoms with Gasteiger partial charge in [0.1, 0.15) is 0 Å². The minimum atomic E-state index is -3.44. The molecule has 1 amide bonds. The van der Waals surface area contributed by atoms with Crippen molar-refractivity contribution in [1.82, 2.24) is 14.1 Å². The molecular formula is C21H31N3O3S2. The lowest BCUT2D eigenvalue weighted by atomic mass is 10.1. The fourth-order valence-corrected chi connectivity index (χ4v) is 7.10. The van der Waals surface area contributed by atoms with Gasteiger partial charge in [-0.15, -0.1) is 0 Å². The van der Waals surface area contributed by atoms with Gasteiger partial charge >= 0.3 is 0 Å². The molecule has 0 saturated carbocycles. The number of carbonyl (C=O) groups excluding carboxylic acids is 1. The number of likely N-dealkylation sites (tertiary alicyclic amines) is 1. The molecule has 160 valence electrons. The summed E-state index contributed by atoms with van der Waals surface area (Å²) in [5, 5.41) is 0. The van der Waals surface area contributed by atoms with Gasteiger partial charge in [0.2, 0.25) is 10.0 Å². The molecule has 3 heterocycles. The zero-order chi connectivity index (χ0) is 20.3. The van der Waals surface area contributed by atoms with Gasteiger partial charge in [0.15, 0.2) is 0 Å². The van der Waals surface area contributed by atoms with Gasteiger partial charge < -0.3 is 9.80 Å². The molecule has 1 unspecified atom stereocenters. The first kappa shape index (κ1) is 21.2. The van der Waals surface area contributed by atoms with Gasteiger partial charge in [-0.25, -0.2) is 8.42 Å². The molecule has 3 fully saturated rings. The van der Waals surface area contributed by atoms with E-state index >= 15 is 0 Å². The number of benzene rings is 1. The van der Waals surface area contributed by atoms with E-state index < -0.39 is 10.0 Å². The highest BCUT2D eigenvalue weighted by Crippen LogP contribution is 2.24. The van der Waals surface area contributed by atoms with Crippen molar-refractivity contribution in [3.05, 3.63) is 29.8 Å². The van der Waals surface area contributed by atoms with Crippen molar-refractivity contribution in [2.45, 2.75) is 43.0 Å². The normalized spacial score (nSPS) is 24.7. The molecule has 6 nitrogen and oxygen atoms in total. The number of carbonyl (C=O) groups is 1. The standard InChI is InChI=1S/C21H31N3O3S2/c25-21(24-14-5-15-28-17-19(24)16-22-10-1-2-11-22)18-6-8-20(9-7-18)29(26,27)23-12-3-4-13-23/h6-9,19H,1-5,10-17H2. The number of rotatable bonds is 5. The van der Waals surface area contributed by atoms with Crippen LogP contribution in [-0.4, -0.2) is 85.2 Å². The van der Waals surface area contributed by atoms with E-state index in [2.05, 4.69) is 4.90 Å². The Labute approximate surface area is 178 Å². The first-order chi connectivity index (χ1) is 14.1. The second-order valence-electron chi connectivity index (χ2n) is 8.22. The van der Waals surface area contributed by atoms with E-state index in [4.69, 9.17) is 0 Å². The largest absolute Gasteiger partial charge is 0.334 e. The lowest BCUT2D eigenvalue weighted by Crippen LogP contribution is -2.47. The number of thioether (sulfide) groups is 1. The number of nitrogens with zero attached hydrogens (tertiary/aromatic N) is 3. The third-order valence-electron chi connectivity index (χ3n) is 6.17. The Balaban J connectivity index is 1.49. The maximum atomic E-state index is 13.3. The molecule has 29 heavy (non-hydrogen) atoms. The maximum absolute atomic E-state index is 13.3. The topological polar surface area (TPSA) is 60.9 Å². The average molecular weight is 438 g/mol. The molecule has 0 bridgehead atoms. The van der Waals surface area contributed by atoms with E-state index in [9.17, 15) is 13.2 Å². The van der Waals surface area contributed by atoms with Crippen LogP contribution in [-0.2, 0) is 10.0 Å². The molecule has 1 aromatic carbocycles. The maximum Gasteiger partial charge on any atom is 0.254 e. The third-order valence-corrected chi connectivity index (χ3v) is 9.28. The van der Waals surface area contributed by atoms with E-state index in [0.717, 1.165) is 56.9 Å². The highest BCUT2D eigenvalue weighted by Gasteiger charge is 2.30. The van der Waals surface area contributed by atoms with E-state index in [1.54, 1.807) is 28.6 Å². The highest BCUT2D eigenvalue weighted by atomic mass is 32.2. The lowest BCUT2D eigenvalue weighted by molar-refractivity contribution is 0.0666. The Morgan fingerprint density at radius 3 is 2.28 bits per heavy atom. The predicted molar refractivity (Wildman–Crippen MR) is 117 cm³/mol. The summed E-state index contributed by atoms with van der Waals surface area (Å²) in [6.07, 6.45) is 5.35. The van der Waals surface area contributed by atoms with Crippen LogP contribution in [0.2, 0.25) is 0 Å². The van der Waals surface area contributed by atoms with Crippen LogP contribution in [0.3, 0.4) is 0 Å². The average Bonchev–Trinajstić information content (AvgIpc) is 3.40. The molecule has 3 aliphatic rings. The summed E-state index contributed by atoms with van der Waals surface area (Å²) in [6.45, 7) is 5.16. The Morgan fingerprint density at radius 1 is 0.931 bits per heavy atom. The number of sulfonamides is 1. The molecule has 0 spiro atoms. The highest BCUT2D eigenvalue weighted by molar-refractivity contribution is 7.99. The molecule has 8 heteroatoms. The summed E-state index contributed by atoms with van der Waals surface area (Å²) >= 11 is 1.94. The van der Waals surface area contributed by atoms with E-state index in [0.29, 0.717) is 18.7 Å². The van der Waals surface area contributed by atoms with Crippen molar-refractivity contribution in [1.29, 1.82) is 0 Å². The number of hydrogen-bond acceptors (Lipinski definition) is 5. The fourth-order valence-electron chi connectivity index (χ4n) is 4.52. The lowest BCUT2D eigenvalue weighted by Gasteiger charge is -2.33. The summed E-state index contributed by atoms with van der Waals surface area (Å²) in [4.78, 5) is 18.1. The second kappa shape index (κ2) is 9.37. The molecule has 0 radical (unpaired) electrons. The van der Waals surface area contributed by atoms with Crippen LogP contribution < -0.4 is 0 Å². The number of hydrogen-bond donors (Lipinski definition) is 0. The summed E-state index contributed by atoms with van der Waals surface area (Å²) in [5.41, 5.74) is 0.587. The molecule has 0 N–H and O–H groups in total. The quantitative estimate of drug-likeness (QED) is 0.708. The van der Waals surface area contributed by atoms with Crippen molar-refractivity contribution in [3.63, 3.8) is 0 Å². The van der Waals surface area contributed by atoms with Crippen LogP contribution in [0.4, 0.5) is 0 Å². The van der Waals surface area contributed by atoms with Crippen molar-refractivity contribution < 1.29 is 13.2 Å². The van der Waals surface area contributed by atoms with Gasteiger partial charge in [-0.05, 0) is 75.2 Å². The third kappa shape index (κ3) is 4.81. The van der Waals surface area contributed by atoms with Crippen LogP contribution in [0, 0.1) is 0 Å². The summed E-state index contributed by atoms with van der Waals surface area (Å²) < 4.78 is 27.0. The Hall–Kier alpha value is -1.09. The first-order valence-electron chi connectivity index (χ1n) is 10.8. The van der Waals surface area contributed by atoms with Gasteiger partial charge in [0.25, 0.3) is 5.91 Å². The van der Waals surface area contributed by atoms with Gasteiger partial charge in [0.05, 0.1) is 10.9 Å². The van der Waals surface area contributed by atoms with Crippen molar-refractivity contribution >= 4 is 27.7 Å². The Kier molecular flexibility index (Phi) is 6.83. The van der Waals surface area contributed by atoms with Crippen LogP contribution in [0.25, 0.3) is 0 Å². The van der Waals surface area contributed by atoms with Crippen LogP contribution in [0.15, 0.2) is 29.2 Å². The monoisotopic (exact) mass is 437 g/mol. The fraction of sp³-hybridized carbons (Fsp3) is 0.667. The zero-order valence-corrected chi connectivity index (χ0v) is 18.6. The molecule has 3 saturated heterocycles. The summed E-state index contributed by atoms with van der Waals surface area (Å²) in [5.74, 6) is 2.10. The van der Waals surface area contributed by atoms with Crippen molar-refractivity contribution in [3.8, 4) is 0 Å². The summed E-state index contributed by atoms with van der Waals surface area (Å²) in [7, 11) is -3.44. The Bertz CT molecular complexity index is 801. The number of amides is 1. The van der Waals surface area contributed by atoms with E-state index in [1.165, 1.54) is 12.8 Å². The molecule has 0 aromatic heterocycles. The van der Waals surface area contributed by atoms with Crippen LogP contribution in [0.1, 0.15) is 42.5 Å². The molecule has 1 aromatic rings. The first-order valence-corrected chi connectivity index (χ1v) is 13.4. The minimum Gasteiger partial charge on any atom is -0.334 e. The molecule has 1 atom stereocenters.